The zero-order chi connectivity index (χ0) is 13.0. The van der Waals surface area contributed by atoms with E-state index in [0.29, 0.717) is 5.82 Å². The van der Waals surface area contributed by atoms with E-state index in [2.05, 4.69) is 20.6 Å². The Balaban J connectivity index is 2.34. The minimum Gasteiger partial charge on any atom is -0.372 e. The number of aromatic nitrogens is 2. The number of carbonyl (C=O) groups is 1. The fourth-order valence-corrected chi connectivity index (χ4v) is 1.59. The molecule has 92 valence electrons. The Hall–Kier alpha value is -2.43. The summed E-state index contributed by atoms with van der Waals surface area (Å²) < 4.78 is 0. The summed E-state index contributed by atoms with van der Waals surface area (Å²) in [6.07, 6.45) is 3.34. The minimum absolute atomic E-state index is 0.0952. The molecule has 0 aliphatic rings. The number of hydrogen-bond acceptors (Lipinski definition) is 4. The molecule has 0 radical (unpaired) electrons. The molecular formula is C13H14N4O. The number of nitrogens with one attached hydrogen (secondary N) is 2. The SMILES string of the molecule is CNc1cncc(-c2cccc(NC(C)=O)c2)n1. The van der Waals surface area contributed by atoms with Gasteiger partial charge in [0, 0.05) is 25.2 Å². The average molecular weight is 242 g/mol. The van der Waals surface area contributed by atoms with Crippen LogP contribution in [0.1, 0.15) is 6.92 Å². The predicted molar refractivity (Wildman–Crippen MR) is 71.3 cm³/mol. The summed E-state index contributed by atoms with van der Waals surface area (Å²) in [5.41, 5.74) is 2.41. The Morgan fingerprint density at radius 3 is 2.83 bits per heavy atom. The van der Waals surface area contributed by atoms with E-state index in [0.717, 1.165) is 16.9 Å². The number of nitrogens with zero attached hydrogens (tertiary/aromatic N) is 2. The van der Waals surface area contributed by atoms with Crippen LogP contribution in [0.15, 0.2) is 36.7 Å². The minimum atomic E-state index is -0.0952. The van der Waals surface area contributed by atoms with Crippen LogP contribution in [0.2, 0.25) is 0 Å². The first-order valence-electron chi connectivity index (χ1n) is 5.57. The van der Waals surface area contributed by atoms with Crippen molar-refractivity contribution in [3.63, 3.8) is 0 Å². The van der Waals surface area contributed by atoms with Crippen molar-refractivity contribution in [3.05, 3.63) is 36.7 Å². The average Bonchev–Trinajstić information content (AvgIpc) is 2.38. The first-order valence-corrected chi connectivity index (χ1v) is 5.57. The molecule has 1 amide bonds. The number of benzene rings is 1. The van der Waals surface area contributed by atoms with Gasteiger partial charge in [-0.25, -0.2) is 4.98 Å². The lowest BCUT2D eigenvalue weighted by Gasteiger charge is -2.06. The van der Waals surface area contributed by atoms with Gasteiger partial charge >= 0.3 is 0 Å². The van der Waals surface area contributed by atoms with E-state index in [4.69, 9.17) is 0 Å². The van der Waals surface area contributed by atoms with Crippen molar-refractivity contribution in [2.45, 2.75) is 6.92 Å². The van der Waals surface area contributed by atoms with Gasteiger partial charge in [0.1, 0.15) is 5.82 Å². The predicted octanol–water partition coefficient (Wildman–Crippen LogP) is 2.14. The van der Waals surface area contributed by atoms with E-state index in [9.17, 15) is 4.79 Å². The van der Waals surface area contributed by atoms with Crippen LogP contribution in [-0.4, -0.2) is 22.9 Å². The number of hydrogen-bond donors (Lipinski definition) is 2. The number of rotatable bonds is 3. The molecule has 0 bridgehead atoms. The van der Waals surface area contributed by atoms with Gasteiger partial charge in [-0.05, 0) is 12.1 Å². The van der Waals surface area contributed by atoms with Crippen molar-refractivity contribution in [1.82, 2.24) is 9.97 Å². The van der Waals surface area contributed by atoms with Crippen molar-refractivity contribution in [1.29, 1.82) is 0 Å². The van der Waals surface area contributed by atoms with Crippen LogP contribution in [0.4, 0.5) is 11.5 Å². The maximum Gasteiger partial charge on any atom is 0.221 e. The molecule has 18 heavy (non-hydrogen) atoms. The standard InChI is InChI=1S/C13H14N4O/c1-9(18)16-11-5-3-4-10(6-11)12-7-15-8-13(14-2)17-12/h3-8H,1-2H3,(H,14,17)(H,16,18). The van der Waals surface area contributed by atoms with Crippen LogP contribution in [0.3, 0.4) is 0 Å². The third-order valence-corrected chi connectivity index (χ3v) is 2.37. The fourth-order valence-electron chi connectivity index (χ4n) is 1.59. The lowest BCUT2D eigenvalue weighted by molar-refractivity contribution is -0.114. The molecule has 1 aromatic heterocycles. The second-order valence-electron chi connectivity index (χ2n) is 3.80. The van der Waals surface area contributed by atoms with Crippen LogP contribution in [-0.2, 0) is 4.79 Å². The van der Waals surface area contributed by atoms with Crippen LogP contribution in [0.5, 0.6) is 0 Å². The van der Waals surface area contributed by atoms with Crippen molar-refractivity contribution in [2.75, 3.05) is 17.7 Å². The highest BCUT2D eigenvalue weighted by atomic mass is 16.1. The summed E-state index contributed by atoms with van der Waals surface area (Å²) in [5, 5.41) is 5.68. The lowest BCUT2D eigenvalue weighted by Crippen LogP contribution is -2.05. The molecule has 2 aromatic rings. The monoisotopic (exact) mass is 242 g/mol. The van der Waals surface area contributed by atoms with E-state index in [1.807, 2.05) is 24.3 Å². The van der Waals surface area contributed by atoms with E-state index in [-0.39, 0.29) is 5.91 Å². The summed E-state index contributed by atoms with van der Waals surface area (Å²) >= 11 is 0. The molecule has 0 aliphatic heterocycles. The summed E-state index contributed by atoms with van der Waals surface area (Å²) in [5.74, 6) is 0.611. The van der Waals surface area contributed by atoms with Gasteiger partial charge in [0.05, 0.1) is 18.1 Å². The molecule has 5 nitrogen and oxygen atoms in total. The largest absolute Gasteiger partial charge is 0.372 e. The highest BCUT2D eigenvalue weighted by Gasteiger charge is 2.03. The van der Waals surface area contributed by atoms with Gasteiger partial charge in [0.2, 0.25) is 5.91 Å². The first-order chi connectivity index (χ1) is 8.69. The molecule has 5 heteroatoms. The molecule has 1 heterocycles. The van der Waals surface area contributed by atoms with Crippen molar-refractivity contribution < 1.29 is 4.79 Å². The Morgan fingerprint density at radius 2 is 2.11 bits per heavy atom. The molecule has 0 fully saturated rings. The number of anilines is 2. The molecule has 0 unspecified atom stereocenters. The molecule has 2 N–H and O–H groups in total. The normalized spacial score (nSPS) is 9.89. The van der Waals surface area contributed by atoms with Gasteiger partial charge in [0.25, 0.3) is 0 Å². The van der Waals surface area contributed by atoms with Gasteiger partial charge in [-0.15, -0.1) is 0 Å². The van der Waals surface area contributed by atoms with Crippen LogP contribution in [0, 0.1) is 0 Å². The van der Waals surface area contributed by atoms with Gasteiger partial charge in [-0.2, -0.15) is 0 Å². The highest BCUT2D eigenvalue weighted by Crippen LogP contribution is 2.21. The lowest BCUT2D eigenvalue weighted by atomic mass is 10.1. The Morgan fingerprint density at radius 1 is 1.28 bits per heavy atom. The van der Waals surface area contributed by atoms with E-state index < -0.39 is 0 Å². The van der Waals surface area contributed by atoms with Crippen molar-refractivity contribution in [2.24, 2.45) is 0 Å². The third-order valence-electron chi connectivity index (χ3n) is 2.37. The summed E-state index contributed by atoms with van der Waals surface area (Å²) in [7, 11) is 1.79. The molecule has 0 saturated heterocycles. The summed E-state index contributed by atoms with van der Waals surface area (Å²) in [6, 6.07) is 7.49. The van der Waals surface area contributed by atoms with Gasteiger partial charge in [-0.1, -0.05) is 12.1 Å². The molecule has 2 rings (SSSR count). The quantitative estimate of drug-likeness (QED) is 0.865. The fraction of sp³-hybridized carbons (Fsp3) is 0.154. The Labute approximate surface area is 105 Å². The smallest absolute Gasteiger partial charge is 0.221 e. The van der Waals surface area contributed by atoms with Crippen molar-refractivity contribution >= 4 is 17.4 Å². The zero-order valence-electron chi connectivity index (χ0n) is 10.3. The zero-order valence-corrected chi connectivity index (χ0v) is 10.3. The van der Waals surface area contributed by atoms with Crippen LogP contribution < -0.4 is 10.6 Å². The van der Waals surface area contributed by atoms with Gasteiger partial charge in [0.15, 0.2) is 0 Å². The van der Waals surface area contributed by atoms with E-state index >= 15 is 0 Å². The second-order valence-corrected chi connectivity index (χ2v) is 3.80. The first kappa shape index (κ1) is 12.0. The number of carbonyl (C=O) groups excluding carboxylic acids is 1. The van der Waals surface area contributed by atoms with Gasteiger partial charge < -0.3 is 10.6 Å². The molecule has 0 spiro atoms. The Kier molecular flexibility index (Phi) is 3.52. The highest BCUT2D eigenvalue weighted by molar-refractivity contribution is 5.89. The summed E-state index contributed by atoms with van der Waals surface area (Å²) in [6.45, 7) is 1.48. The Bertz CT molecular complexity index is 568. The number of amides is 1. The second kappa shape index (κ2) is 5.27. The van der Waals surface area contributed by atoms with Crippen LogP contribution in [0.25, 0.3) is 11.3 Å². The molecule has 0 atom stereocenters. The van der Waals surface area contributed by atoms with E-state index in [1.54, 1.807) is 19.4 Å². The third kappa shape index (κ3) is 2.82. The summed E-state index contributed by atoms with van der Waals surface area (Å²) in [4.78, 5) is 19.5. The molecule has 1 aromatic carbocycles. The molecule has 0 saturated carbocycles. The van der Waals surface area contributed by atoms with Crippen LogP contribution >= 0.6 is 0 Å². The molecular weight excluding hydrogens is 228 g/mol. The van der Waals surface area contributed by atoms with E-state index in [1.165, 1.54) is 6.92 Å². The van der Waals surface area contributed by atoms with Gasteiger partial charge in [-0.3, -0.25) is 9.78 Å². The van der Waals surface area contributed by atoms with Crippen molar-refractivity contribution in [3.8, 4) is 11.3 Å². The topological polar surface area (TPSA) is 66.9 Å². The maximum absolute atomic E-state index is 11.0. The maximum atomic E-state index is 11.0. The molecule has 0 aliphatic carbocycles.